The summed E-state index contributed by atoms with van der Waals surface area (Å²) in [6, 6.07) is 7.98. The van der Waals surface area contributed by atoms with Crippen LogP contribution in [0.15, 0.2) is 30.3 Å². The Morgan fingerprint density at radius 3 is 2.71 bits per heavy atom. The molecule has 0 heterocycles. The first-order valence-electron chi connectivity index (χ1n) is 4.98. The van der Waals surface area contributed by atoms with Gasteiger partial charge in [0.2, 0.25) is 0 Å². The highest BCUT2D eigenvalue weighted by molar-refractivity contribution is 6.32. The SMILES string of the molecule is NC/C=C(\c1ccccc1Cl)C1CC1. The van der Waals surface area contributed by atoms with Gasteiger partial charge in [-0.3, -0.25) is 0 Å². The van der Waals surface area contributed by atoms with E-state index < -0.39 is 0 Å². The summed E-state index contributed by atoms with van der Waals surface area (Å²) in [5.74, 6) is 0.693. The molecule has 1 aliphatic rings. The third kappa shape index (κ3) is 1.99. The van der Waals surface area contributed by atoms with Gasteiger partial charge in [-0.1, -0.05) is 35.9 Å². The van der Waals surface area contributed by atoms with Crippen molar-refractivity contribution < 1.29 is 0 Å². The zero-order valence-corrected chi connectivity index (χ0v) is 8.80. The van der Waals surface area contributed by atoms with Crippen molar-refractivity contribution in [2.75, 3.05) is 6.54 Å². The molecule has 2 N–H and O–H groups in total. The molecule has 74 valence electrons. The summed E-state index contributed by atoms with van der Waals surface area (Å²) in [6.45, 7) is 0.594. The first-order valence-corrected chi connectivity index (χ1v) is 5.35. The van der Waals surface area contributed by atoms with Crippen LogP contribution in [0.5, 0.6) is 0 Å². The molecule has 0 bridgehead atoms. The third-order valence-electron chi connectivity index (χ3n) is 2.54. The average molecular weight is 208 g/mol. The molecular weight excluding hydrogens is 194 g/mol. The van der Waals surface area contributed by atoms with Gasteiger partial charge < -0.3 is 5.73 Å². The van der Waals surface area contributed by atoms with Gasteiger partial charge in [0.05, 0.1) is 0 Å². The van der Waals surface area contributed by atoms with E-state index in [1.807, 2.05) is 18.2 Å². The van der Waals surface area contributed by atoms with Gasteiger partial charge in [-0.2, -0.15) is 0 Å². The summed E-state index contributed by atoms with van der Waals surface area (Å²) >= 11 is 6.14. The summed E-state index contributed by atoms with van der Waals surface area (Å²) in [6.07, 6.45) is 4.65. The average Bonchev–Trinajstić information content (AvgIpc) is 2.99. The standard InChI is InChI=1S/C12H14ClN/c13-12-4-2-1-3-11(12)10(7-8-14)9-5-6-9/h1-4,7,9H,5-6,8,14H2/b10-7-. The van der Waals surface area contributed by atoms with Crippen LogP contribution in [-0.2, 0) is 0 Å². The van der Waals surface area contributed by atoms with Crippen molar-refractivity contribution in [1.82, 2.24) is 0 Å². The molecule has 0 spiro atoms. The topological polar surface area (TPSA) is 26.0 Å². The number of benzene rings is 1. The number of hydrogen-bond donors (Lipinski definition) is 1. The minimum Gasteiger partial charge on any atom is -0.327 e. The maximum atomic E-state index is 6.14. The molecule has 0 aliphatic heterocycles. The highest BCUT2D eigenvalue weighted by Crippen LogP contribution is 2.43. The lowest BCUT2D eigenvalue weighted by Crippen LogP contribution is -1.97. The van der Waals surface area contributed by atoms with Crippen LogP contribution < -0.4 is 5.73 Å². The van der Waals surface area contributed by atoms with Crippen LogP contribution in [0.25, 0.3) is 5.57 Å². The predicted molar refractivity (Wildman–Crippen MR) is 61.2 cm³/mol. The van der Waals surface area contributed by atoms with Gasteiger partial charge in [-0.25, -0.2) is 0 Å². The van der Waals surface area contributed by atoms with Crippen LogP contribution in [-0.4, -0.2) is 6.54 Å². The van der Waals surface area contributed by atoms with E-state index in [9.17, 15) is 0 Å². The van der Waals surface area contributed by atoms with Crippen LogP contribution >= 0.6 is 11.6 Å². The molecule has 1 aliphatic carbocycles. The molecule has 1 saturated carbocycles. The Morgan fingerprint density at radius 1 is 1.43 bits per heavy atom. The van der Waals surface area contributed by atoms with E-state index >= 15 is 0 Å². The summed E-state index contributed by atoms with van der Waals surface area (Å²) in [5, 5.41) is 0.833. The Bertz CT molecular complexity index is 353. The Labute approximate surface area is 89.6 Å². The minimum atomic E-state index is 0.594. The van der Waals surface area contributed by atoms with Gasteiger partial charge in [0.15, 0.2) is 0 Å². The molecule has 2 rings (SSSR count). The van der Waals surface area contributed by atoms with Gasteiger partial charge >= 0.3 is 0 Å². The largest absolute Gasteiger partial charge is 0.327 e. The number of halogens is 1. The van der Waals surface area contributed by atoms with E-state index in [0.717, 1.165) is 10.6 Å². The zero-order valence-electron chi connectivity index (χ0n) is 8.04. The van der Waals surface area contributed by atoms with Crippen LogP contribution in [0, 0.1) is 5.92 Å². The van der Waals surface area contributed by atoms with Crippen molar-refractivity contribution >= 4 is 17.2 Å². The second-order valence-electron chi connectivity index (χ2n) is 3.65. The van der Waals surface area contributed by atoms with Crippen LogP contribution in [0.1, 0.15) is 18.4 Å². The minimum absolute atomic E-state index is 0.594. The lowest BCUT2D eigenvalue weighted by atomic mass is 10.0. The molecule has 1 aromatic rings. The molecule has 1 fully saturated rings. The quantitative estimate of drug-likeness (QED) is 0.810. The fourth-order valence-electron chi connectivity index (χ4n) is 1.71. The summed E-state index contributed by atoms with van der Waals surface area (Å²) in [4.78, 5) is 0. The van der Waals surface area contributed by atoms with Crippen molar-refractivity contribution in [2.24, 2.45) is 11.7 Å². The normalized spacial score (nSPS) is 17.1. The fourth-order valence-corrected chi connectivity index (χ4v) is 1.96. The fraction of sp³-hybridized carbons (Fsp3) is 0.333. The molecule has 0 radical (unpaired) electrons. The van der Waals surface area contributed by atoms with E-state index in [1.54, 1.807) is 0 Å². The van der Waals surface area contributed by atoms with Crippen LogP contribution in [0.2, 0.25) is 5.02 Å². The Kier molecular flexibility index (Phi) is 2.90. The second kappa shape index (κ2) is 4.16. The highest BCUT2D eigenvalue weighted by Gasteiger charge is 2.27. The Balaban J connectivity index is 2.35. The second-order valence-corrected chi connectivity index (χ2v) is 4.06. The number of hydrogen-bond acceptors (Lipinski definition) is 1. The lowest BCUT2D eigenvalue weighted by molar-refractivity contribution is 1.12. The molecule has 0 unspecified atom stereocenters. The molecule has 0 aromatic heterocycles. The molecule has 0 amide bonds. The third-order valence-corrected chi connectivity index (χ3v) is 2.87. The monoisotopic (exact) mass is 207 g/mol. The first kappa shape index (κ1) is 9.75. The summed E-state index contributed by atoms with van der Waals surface area (Å²) in [7, 11) is 0. The molecular formula is C12H14ClN. The van der Waals surface area contributed by atoms with E-state index in [4.69, 9.17) is 17.3 Å². The van der Waals surface area contributed by atoms with E-state index in [0.29, 0.717) is 12.5 Å². The van der Waals surface area contributed by atoms with Crippen molar-refractivity contribution in [3.8, 4) is 0 Å². The smallest absolute Gasteiger partial charge is 0.0481 e. The number of rotatable bonds is 3. The molecule has 1 nitrogen and oxygen atoms in total. The maximum absolute atomic E-state index is 6.14. The van der Waals surface area contributed by atoms with Crippen molar-refractivity contribution in [2.45, 2.75) is 12.8 Å². The summed E-state index contributed by atoms with van der Waals surface area (Å²) in [5.41, 5.74) is 8.05. The number of nitrogens with two attached hydrogens (primary N) is 1. The van der Waals surface area contributed by atoms with Gasteiger partial charge in [0.25, 0.3) is 0 Å². The Morgan fingerprint density at radius 2 is 2.14 bits per heavy atom. The molecule has 2 heteroatoms. The van der Waals surface area contributed by atoms with Gasteiger partial charge in [-0.15, -0.1) is 0 Å². The summed E-state index contributed by atoms with van der Waals surface area (Å²) < 4.78 is 0. The molecule has 0 atom stereocenters. The van der Waals surface area contributed by atoms with Crippen molar-refractivity contribution in [1.29, 1.82) is 0 Å². The van der Waals surface area contributed by atoms with Gasteiger partial charge in [0.1, 0.15) is 0 Å². The van der Waals surface area contributed by atoms with Gasteiger partial charge in [0, 0.05) is 11.6 Å². The van der Waals surface area contributed by atoms with Crippen LogP contribution in [0.3, 0.4) is 0 Å². The van der Waals surface area contributed by atoms with Crippen LogP contribution in [0.4, 0.5) is 0 Å². The van der Waals surface area contributed by atoms with Crippen molar-refractivity contribution in [3.63, 3.8) is 0 Å². The van der Waals surface area contributed by atoms with Crippen molar-refractivity contribution in [3.05, 3.63) is 40.9 Å². The number of allylic oxidation sites excluding steroid dienone is 1. The first-order chi connectivity index (χ1) is 6.83. The maximum Gasteiger partial charge on any atom is 0.0481 e. The lowest BCUT2D eigenvalue weighted by Gasteiger charge is -2.07. The van der Waals surface area contributed by atoms with E-state index in [1.165, 1.54) is 18.4 Å². The predicted octanol–water partition coefficient (Wildman–Crippen LogP) is 3.09. The molecule has 0 saturated heterocycles. The Hall–Kier alpha value is -0.790. The highest BCUT2D eigenvalue weighted by atomic mass is 35.5. The zero-order chi connectivity index (χ0) is 9.97. The molecule has 14 heavy (non-hydrogen) atoms. The van der Waals surface area contributed by atoms with Gasteiger partial charge in [-0.05, 0) is 36.0 Å². The molecule has 1 aromatic carbocycles. The van der Waals surface area contributed by atoms with E-state index in [2.05, 4.69) is 12.1 Å². The van der Waals surface area contributed by atoms with E-state index in [-0.39, 0.29) is 0 Å².